The predicted molar refractivity (Wildman–Crippen MR) is 68.0 cm³/mol. The molecular formula is C12H22N2O4. The topological polar surface area (TPSA) is 82.8 Å². The van der Waals surface area contributed by atoms with E-state index in [2.05, 4.69) is 10.1 Å². The van der Waals surface area contributed by atoms with Gasteiger partial charge in [-0.2, -0.15) is 0 Å². The zero-order valence-electron chi connectivity index (χ0n) is 10.7. The standard InChI is InChI=1S/C12H22N2O4/c1-2-16-6-3-12(15)11-14-5-8-18-10-9-17-7-4-13/h1,14H,3-11,13H2. The van der Waals surface area contributed by atoms with Gasteiger partial charge < -0.3 is 25.3 Å². The second kappa shape index (κ2) is 13.9. The van der Waals surface area contributed by atoms with Gasteiger partial charge in [0, 0.05) is 19.5 Å². The summed E-state index contributed by atoms with van der Waals surface area (Å²) in [5.41, 5.74) is 5.25. The number of ketones is 1. The minimum Gasteiger partial charge on any atom is -0.446 e. The van der Waals surface area contributed by atoms with Crippen LogP contribution in [0.5, 0.6) is 0 Å². The average Bonchev–Trinajstić information content (AvgIpc) is 2.37. The first-order valence-corrected chi connectivity index (χ1v) is 5.96. The molecule has 0 atom stereocenters. The highest BCUT2D eigenvalue weighted by atomic mass is 16.5. The lowest BCUT2D eigenvalue weighted by Gasteiger charge is -2.06. The lowest BCUT2D eigenvalue weighted by atomic mass is 10.3. The van der Waals surface area contributed by atoms with E-state index in [1.165, 1.54) is 0 Å². The van der Waals surface area contributed by atoms with Gasteiger partial charge >= 0.3 is 0 Å². The van der Waals surface area contributed by atoms with Crippen molar-refractivity contribution in [3.05, 3.63) is 0 Å². The van der Waals surface area contributed by atoms with E-state index in [9.17, 15) is 4.79 Å². The molecule has 0 saturated heterocycles. The fourth-order valence-corrected chi connectivity index (χ4v) is 1.09. The van der Waals surface area contributed by atoms with E-state index < -0.39 is 0 Å². The Hall–Kier alpha value is -1.13. The van der Waals surface area contributed by atoms with Crippen LogP contribution in [0.15, 0.2) is 0 Å². The molecule has 0 aromatic heterocycles. The molecule has 0 aliphatic carbocycles. The summed E-state index contributed by atoms with van der Waals surface area (Å²) in [7, 11) is 0. The Bertz CT molecular complexity index is 241. The van der Waals surface area contributed by atoms with Gasteiger partial charge in [-0.25, -0.2) is 0 Å². The summed E-state index contributed by atoms with van der Waals surface area (Å²) in [5, 5.41) is 2.97. The normalized spacial score (nSPS) is 10.0. The van der Waals surface area contributed by atoms with Gasteiger partial charge in [-0.15, -0.1) is 0 Å². The molecule has 0 saturated carbocycles. The van der Waals surface area contributed by atoms with Gasteiger partial charge in [-0.3, -0.25) is 4.79 Å². The Labute approximate surface area is 108 Å². The Morgan fingerprint density at radius 1 is 1.17 bits per heavy atom. The van der Waals surface area contributed by atoms with E-state index in [4.69, 9.17) is 21.6 Å². The summed E-state index contributed by atoms with van der Waals surface area (Å²) in [6.45, 7) is 3.89. The van der Waals surface area contributed by atoms with Gasteiger partial charge in [-0.1, -0.05) is 6.42 Å². The van der Waals surface area contributed by atoms with E-state index in [0.717, 1.165) is 0 Å². The van der Waals surface area contributed by atoms with Crippen LogP contribution in [0.4, 0.5) is 0 Å². The minimum atomic E-state index is 0.0662. The molecule has 0 spiro atoms. The molecule has 6 heteroatoms. The lowest BCUT2D eigenvalue weighted by molar-refractivity contribution is -0.118. The molecule has 3 N–H and O–H groups in total. The minimum absolute atomic E-state index is 0.0662. The van der Waals surface area contributed by atoms with E-state index in [1.807, 2.05) is 6.11 Å². The Morgan fingerprint density at radius 3 is 2.56 bits per heavy atom. The smallest absolute Gasteiger partial charge is 0.150 e. The molecule has 0 aliphatic rings. The van der Waals surface area contributed by atoms with Gasteiger partial charge in [0.05, 0.1) is 33.0 Å². The van der Waals surface area contributed by atoms with Crippen molar-refractivity contribution < 1.29 is 19.0 Å². The van der Waals surface area contributed by atoms with Gasteiger partial charge in [0.1, 0.15) is 18.5 Å². The molecule has 18 heavy (non-hydrogen) atoms. The van der Waals surface area contributed by atoms with Crippen LogP contribution < -0.4 is 11.1 Å². The lowest BCUT2D eigenvalue weighted by Crippen LogP contribution is -2.27. The summed E-state index contributed by atoms with van der Waals surface area (Å²) in [4.78, 5) is 11.2. The fraction of sp³-hybridized carbons (Fsp3) is 0.750. The zero-order valence-corrected chi connectivity index (χ0v) is 10.7. The monoisotopic (exact) mass is 258 g/mol. The Balaban J connectivity index is 3.10. The number of nitrogens with one attached hydrogen (secondary N) is 1. The third kappa shape index (κ3) is 12.9. The predicted octanol–water partition coefficient (Wildman–Crippen LogP) is -0.866. The molecule has 0 fully saturated rings. The number of ether oxygens (including phenoxy) is 3. The third-order valence-corrected chi connectivity index (χ3v) is 1.95. The highest BCUT2D eigenvalue weighted by Crippen LogP contribution is 1.83. The highest BCUT2D eigenvalue weighted by Gasteiger charge is 2.00. The molecular weight excluding hydrogens is 236 g/mol. The van der Waals surface area contributed by atoms with Gasteiger partial charge in [0.2, 0.25) is 0 Å². The van der Waals surface area contributed by atoms with Crippen LogP contribution in [0.3, 0.4) is 0 Å². The first-order chi connectivity index (χ1) is 8.81. The van der Waals surface area contributed by atoms with Crippen molar-refractivity contribution in [1.29, 1.82) is 0 Å². The molecule has 0 rings (SSSR count). The van der Waals surface area contributed by atoms with Gasteiger partial charge in [0.25, 0.3) is 0 Å². The number of hydrogen-bond donors (Lipinski definition) is 2. The quantitative estimate of drug-likeness (QED) is 0.330. The van der Waals surface area contributed by atoms with Crippen LogP contribution in [0.1, 0.15) is 6.42 Å². The molecule has 0 radical (unpaired) electrons. The van der Waals surface area contributed by atoms with Crippen molar-refractivity contribution in [3.8, 4) is 12.5 Å². The Kier molecular flexibility index (Phi) is 13.1. The van der Waals surface area contributed by atoms with Crippen LogP contribution >= 0.6 is 0 Å². The molecule has 0 aromatic carbocycles. The molecule has 0 bridgehead atoms. The van der Waals surface area contributed by atoms with Crippen LogP contribution in [0.2, 0.25) is 0 Å². The maximum Gasteiger partial charge on any atom is 0.150 e. The summed E-state index contributed by atoms with van der Waals surface area (Å²) >= 11 is 0. The second-order valence-corrected chi connectivity index (χ2v) is 3.45. The van der Waals surface area contributed by atoms with Crippen molar-refractivity contribution in [1.82, 2.24) is 5.32 Å². The number of carbonyl (C=O) groups excluding carboxylic acids is 1. The van der Waals surface area contributed by atoms with E-state index in [1.54, 1.807) is 0 Å². The molecule has 0 heterocycles. The van der Waals surface area contributed by atoms with E-state index in [-0.39, 0.29) is 12.4 Å². The Morgan fingerprint density at radius 2 is 1.89 bits per heavy atom. The summed E-state index contributed by atoms with van der Waals surface area (Å²) < 4.78 is 15.0. The molecule has 0 amide bonds. The van der Waals surface area contributed by atoms with Crippen molar-refractivity contribution >= 4 is 5.78 Å². The molecule has 0 unspecified atom stereocenters. The van der Waals surface area contributed by atoms with Crippen LogP contribution in [0.25, 0.3) is 0 Å². The number of Topliss-reactive ketones (excluding diaryl/α,β-unsaturated/α-hetero) is 1. The first kappa shape index (κ1) is 16.9. The number of nitrogens with two attached hydrogens (primary N) is 1. The van der Waals surface area contributed by atoms with E-state index in [0.29, 0.717) is 52.5 Å². The fourth-order valence-electron chi connectivity index (χ4n) is 1.09. The number of rotatable bonds is 13. The number of carbonyl (C=O) groups is 1. The second-order valence-electron chi connectivity index (χ2n) is 3.45. The summed E-state index contributed by atoms with van der Waals surface area (Å²) in [6.07, 6.45) is 7.22. The van der Waals surface area contributed by atoms with Gasteiger partial charge in [-0.05, 0) is 0 Å². The molecule has 6 nitrogen and oxygen atoms in total. The van der Waals surface area contributed by atoms with E-state index >= 15 is 0 Å². The summed E-state index contributed by atoms with van der Waals surface area (Å²) in [5.74, 6) is 0.0662. The maximum absolute atomic E-state index is 11.2. The summed E-state index contributed by atoms with van der Waals surface area (Å²) in [6, 6.07) is 0. The van der Waals surface area contributed by atoms with Gasteiger partial charge in [0.15, 0.2) is 0 Å². The van der Waals surface area contributed by atoms with Crippen LogP contribution in [-0.2, 0) is 19.0 Å². The molecule has 0 aliphatic heterocycles. The maximum atomic E-state index is 11.2. The first-order valence-electron chi connectivity index (χ1n) is 5.96. The van der Waals surface area contributed by atoms with Crippen LogP contribution in [0, 0.1) is 12.5 Å². The van der Waals surface area contributed by atoms with Crippen molar-refractivity contribution in [2.75, 3.05) is 52.7 Å². The van der Waals surface area contributed by atoms with Crippen molar-refractivity contribution in [2.45, 2.75) is 6.42 Å². The molecule has 104 valence electrons. The zero-order chi connectivity index (χ0) is 13.5. The number of terminal acetylenes is 1. The van der Waals surface area contributed by atoms with Crippen LogP contribution in [-0.4, -0.2) is 58.5 Å². The SMILES string of the molecule is C#COCCC(=O)CNCCOCCOCCN. The van der Waals surface area contributed by atoms with Crippen molar-refractivity contribution in [3.63, 3.8) is 0 Å². The average molecular weight is 258 g/mol. The number of hydrogen-bond acceptors (Lipinski definition) is 6. The molecule has 0 aromatic rings. The third-order valence-electron chi connectivity index (χ3n) is 1.95. The highest BCUT2D eigenvalue weighted by molar-refractivity contribution is 5.80. The largest absolute Gasteiger partial charge is 0.446 e. The van der Waals surface area contributed by atoms with Crippen molar-refractivity contribution in [2.24, 2.45) is 5.73 Å².